The van der Waals surface area contributed by atoms with E-state index in [2.05, 4.69) is 20.4 Å². The number of nitrogens with one attached hydrogen (secondary N) is 2. The molecule has 0 saturated heterocycles. The predicted octanol–water partition coefficient (Wildman–Crippen LogP) is 2.57. The van der Waals surface area contributed by atoms with Crippen LogP contribution in [-0.2, 0) is 4.79 Å². The minimum Gasteiger partial charge on any atom is -0.406 e. The zero-order valence-corrected chi connectivity index (χ0v) is 16.4. The molecule has 11 heteroatoms. The average molecular weight is 438 g/mol. The number of aliphatic hydroxyl groups is 1. The van der Waals surface area contributed by atoms with Gasteiger partial charge < -0.3 is 20.5 Å². The van der Waals surface area contributed by atoms with Crippen LogP contribution in [0.25, 0.3) is 0 Å². The van der Waals surface area contributed by atoms with Gasteiger partial charge in [0.05, 0.1) is 17.8 Å². The zero-order valence-electron chi connectivity index (χ0n) is 16.4. The normalized spacial score (nSPS) is 20.6. The summed E-state index contributed by atoms with van der Waals surface area (Å²) in [5.74, 6) is -0.430. The molecule has 1 aromatic carbocycles. The molecule has 4 rings (SSSR count). The van der Waals surface area contributed by atoms with Crippen molar-refractivity contribution in [3.8, 4) is 5.75 Å². The summed E-state index contributed by atoms with van der Waals surface area (Å²) in [4.78, 5) is 30.5. The number of halogens is 3. The van der Waals surface area contributed by atoms with Crippen molar-refractivity contribution < 1.29 is 32.6 Å². The summed E-state index contributed by atoms with van der Waals surface area (Å²) < 4.78 is 41.1. The van der Waals surface area contributed by atoms with Crippen molar-refractivity contribution in [1.29, 1.82) is 0 Å². The Morgan fingerprint density at radius 2 is 2.00 bits per heavy atom. The van der Waals surface area contributed by atoms with Crippen LogP contribution >= 0.6 is 0 Å². The SMILES string of the molecule is O=C1CN(C(=O)NC(c2ccc(OC(F)(F)F)cc2)C(O)C2CC2)C2=C(CCC=N2)N1. The minimum absolute atomic E-state index is 0.0245. The lowest BCUT2D eigenvalue weighted by molar-refractivity contribution is -0.274. The van der Waals surface area contributed by atoms with Crippen molar-refractivity contribution >= 4 is 18.2 Å². The van der Waals surface area contributed by atoms with Gasteiger partial charge in [0.1, 0.15) is 12.3 Å². The fourth-order valence-electron chi connectivity index (χ4n) is 3.66. The van der Waals surface area contributed by atoms with Crippen LogP contribution in [0.2, 0.25) is 0 Å². The van der Waals surface area contributed by atoms with Gasteiger partial charge in [0.2, 0.25) is 5.91 Å². The lowest BCUT2D eigenvalue weighted by Crippen LogP contribution is -2.51. The minimum atomic E-state index is -4.82. The maximum Gasteiger partial charge on any atom is 0.573 e. The quantitative estimate of drug-likeness (QED) is 0.658. The van der Waals surface area contributed by atoms with Crippen LogP contribution in [0.15, 0.2) is 40.8 Å². The molecule has 0 radical (unpaired) electrons. The molecule has 2 atom stereocenters. The van der Waals surface area contributed by atoms with Crippen molar-refractivity contribution in [3.63, 3.8) is 0 Å². The Morgan fingerprint density at radius 1 is 1.29 bits per heavy atom. The highest BCUT2D eigenvalue weighted by molar-refractivity contribution is 5.89. The summed E-state index contributed by atoms with van der Waals surface area (Å²) in [6.45, 7) is -0.230. The van der Waals surface area contributed by atoms with Crippen LogP contribution in [0, 0.1) is 5.92 Å². The number of aliphatic hydroxyl groups excluding tert-OH is 1. The summed E-state index contributed by atoms with van der Waals surface area (Å²) in [6.07, 6.45) is -1.33. The smallest absolute Gasteiger partial charge is 0.406 e. The molecular weight excluding hydrogens is 417 g/mol. The molecule has 3 amide bonds. The van der Waals surface area contributed by atoms with Gasteiger partial charge in [0.25, 0.3) is 0 Å². The van der Waals surface area contributed by atoms with E-state index in [0.29, 0.717) is 29.9 Å². The standard InChI is InChI=1S/C20H21F3N4O4/c21-20(22,23)31-13-7-5-11(6-8-13)16(17(29)12-3-4-12)26-19(30)27-10-15(28)25-14-2-1-9-24-18(14)27/h5-9,12,16-17,29H,1-4,10H2,(H,25,28)(H,26,30). The number of hydrogen-bond acceptors (Lipinski definition) is 5. The van der Waals surface area contributed by atoms with Crippen molar-refractivity contribution in [2.75, 3.05) is 6.54 Å². The molecule has 1 saturated carbocycles. The Morgan fingerprint density at radius 3 is 2.65 bits per heavy atom. The number of hydrogen-bond donors (Lipinski definition) is 3. The Labute approximate surface area is 175 Å². The number of alkyl halides is 3. The van der Waals surface area contributed by atoms with Crippen LogP contribution in [0.4, 0.5) is 18.0 Å². The van der Waals surface area contributed by atoms with Crippen molar-refractivity contribution in [2.45, 2.75) is 44.2 Å². The highest BCUT2D eigenvalue weighted by Gasteiger charge is 2.39. The Kier molecular flexibility index (Phi) is 5.61. The maximum atomic E-state index is 13.0. The Balaban J connectivity index is 1.55. The van der Waals surface area contributed by atoms with E-state index in [1.165, 1.54) is 17.0 Å². The molecule has 1 aromatic rings. The molecule has 2 aliphatic heterocycles. The van der Waals surface area contributed by atoms with Crippen LogP contribution in [-0.4, -0.2) is 47.2 Å². The lowest BCUT2D eigenvalue weighted by atomic mass is 9.98. The van der Waals surface area contributed by atoms with Crippen molar-refractivity contribution in [2.24, 2.45) is 10.9 Å². The third kappa shape index (κ3) is 4.98. The molecule has 0 aromatic heterocycles. The lowest BCUT2D eigenvalue weighted by Gasteiger charge is -2.33. The third-order valence-corrected chi connectivity index (χ3v) is 5.30. The van der Waals surface area contributed by atoms with Crippen molar-refractivity contribution in [3.05, 3.63) is 41.3 Å². The van der Waals surface area contributed by atoms with E-state index in [0.717, 1.165) is 25.0 Å². The van der Waals surface area contributed by atoms with E-state index in [-0.39, 0.29) is 18.4 Å². The first-order valence-corrected chi connectivity index (χ1v) is 9.88. The number of allylic oxidation sites excluding steroid dienone is 1. The first-order chi connectivity index (χ1) is 14.7. The number of ether oxygens (including phenoxy) is 1. The second kappa shape index (κ2) is 8.22. The molecule has 0 spiro atoms. The van der Waals surface area contributed by atoms with Gasteiger partial charge in [-0.25, -0.2) is 9.79 Å². The number of nitrogens with zero attached hydrogens (tertiary/aromatic N) is 2. The van der Waals surface area contributed by atoms with Crippen molar-refractivity contribution in [1.82, 2.24) is 15.5 Å². The first-order valence-electron chi connectivity index (χ1n) is 9.88. The van der Waals surface area contributed by atoms with E-state index in [1.807, 2.05) is 0 Å². The average Bonchev–Trinajstić information content (AvgIpc) is 3.55. The summed E-state index contributed by atoms with van der Waals surface area (Å²) in [7, 11) is 0. The topological polar surface area (TPSA) is 103 Å². The maximum absolute atomic E-state index is 13.0. The van der Waals surface area contributed by atoms with Gasteiger partial charge in [-0.05, 0) is 49.3 Å². The molecule has 0 bridgehead atoms. The molecule has 1 aliphatic carbocycles. The zero-order chi connectivity index (χ0) is 22.2. The molecule has 2 heterocycles. The number of urea groups is 1. The predicted molar refractivity (Wildman–Crippen MR) is 103 cm³/mol. The molecule has 31 heavy (non-hydrogen) atoms. The second-order valence-corrected chi connectivity index (χ2v) is 7.66. The van der Waals surface area contributed by atoms with Gasteiger partial charge in [0, 0.05) is 6.21 Å². The summed E-state index contributed by atoms with van der Waals surface area (Å²) in [5, 5.41) is 16.2. The summed E-state index contributed by atoms with van der Waals surface area (Å²) in [6, 6.07) is 3.49. The van der Waals surface area contributed by atoms with E-state index < -0.39 is 30.3 Å². The summed E-state index contributed by atoms with van der Waals surface area (Å²) >= 11 is 0. The van der Waals surface area contributed by atoms with E-state index in [1.54, 1.807) is 6.21 Å². The first kappa shape index (κ1) is 21.2. The highest BCUT2D eigenvalue weighted by Crippen LogP contribution is 2.39. The van der Waals surface area contributed by atoms with Gasteiger partial charge in [-0.2, -0.15) is 0 Å². The molecule has 1 fully saturated rings. The molecule has 8 nitrogen and oxygen atoms in total. The van der Waals surface area contributed by atoms with Gasteiger partial charge >= 0.3 is 12.4 Å². The van der Waals surface area contributed by atoms with E-state index in [4.69, 9.17) is 0 Å². The van der Waals surface area contributed by atoms with Gasteiger partial charge in [-0.3, -0.25) is 9.69 Å². The second-order valence-electron chi connectivity index (χ2n) is 7.66. The van der Waals surface area contributed by atoms with Crippen LogP contribution in [0.3, 0.4) is 0 Å². The number of aliphatic imine (C=N–C) groups is 1. The van der Waals surface area contributed by atoms with Crippen LogP contribution in [0.5, 0.6) is 5.75 Å². The molecule has 166 valence electrons. The Bertz CT molecular complexity index is 925. The van der Waals surface area contributed by atoms with Gasteiger partial charge in [0.15, 0.2) is 5.82 Å². The Hall–Kier alpha value is -3.08. The monoisotopic (exact) mass is 438 g/mol. The molecular formula is C20H21F3N4O4. The fourth-order valence-corrected chi connectivity index (χ4v) is 3.66. The number of carbonyl (C=O) groups excluding carboxylic acids is 2. The third-order valence-electron chi connectivity index (χ3n) is 5.30. The van der Waals surface area contributed by atoms with E-state index >= 15 is 0 Å². The number of rotatable bonds is 5. The molecule has 3 aliphatic rings. The van der Waals surface area contributed by atoms with Crippen LogP contribution in [0.1, 0.15) is 37.3 Å². The highest BCUT2D eigenvalue weighted by atomic mass is 19.4. The molecule has 3 N–H and O–H groups in total. The van der Waals surface area contributed by atoms with E-state index in [9.17, 15) is 27.9 Å². The van der Waals surface area contributed by atoms with Gasteiger partial charge in [-0.1, -0.05) is 12.1 Å². The fraction of sp³-hybridized carbons (Fsp3) is 0.450. The number of carbonyl (C=O) groups is 2. The number of amides is 3. The number of benzene rings is 1. The summed E-state index contributed by atoms with van der Waals surface area (Å²) in [5.41, 5.74) is 0.979. The molecule has 2 unspecified atom stereocenters. The van der Waals surface area contributed by atoms with Gasteiger partial charge in [-0.15, -0.1) is 13.2 Å². The van der Waals surface area contributed by atoms with Crippen LogP contribution < -0.4 is 15.4 Å². The largest absolute Gasteiger partial charge is 0.573 e.